The first kappa shape index (κ1) is 43.8. The third kappa shape index (κ3) is 11.8. The van der Waals surface area contributed by atoms with E-state index in [1.807, 2.05) is 47.6 Å². The van der Waals surface area contributed by atoms with E-state index in [0.717, 1.165) is 61.6 Å². The number of nitrogens with zero attached hydrogens (tertiary/aromatic N) is 3. The molecule has 2 aromatic rings. The lowest BCUT2D eigenvalue weighted by atomic mass is 9.98. The fraction of sp³-hybridized carbons (Fsp3) is 0.444. The van der Waals surface area contributed by atoms with Crippen LogP contribution in [0, 0.1) is 5.92 Å². The van der Waals surface area contributed by atoms with E-state index in [1.54, 1.807) is 13.2 Å². The van der Waals surface area contributed by atoms with Crippen molar-refractivity contribution in [2.75, 3.05) is 25.1 Å². The minimum atomic E-state index is -4.63. The zero-order valence-electron chi connectivity index (χ0n) is 29.0. The van der Waals surface area contributed by atoms with Crippen molar-refractivity contribution >= 4 is 24.5 Å². The Morgan fingerprint density at radius 1 is 1.04 bits per heavy atom. The first-order valence-corrected chi connectivity index (χ1v) is 15.8. The number of hydrogen-bond acceptors (Lipinski definition) is 6. The van der Waals surface area contributed by atoms with Gasteiger partial charge in [-0.3, -0.25) is 19.6 Å². The lowest BCUT2D eigenvalue weighted by Gasteiger charge is -2.33. The molecule has 266 valence electrons. The zero-order chi connectivity index (χ0) is 37.2. The highest BCUT2D eigenvalue weighted by molar-refractivity contribution is 6.14. The number of carbonyl (C=O) groups excluding carboxylic acids is 2. The molecule has 1 aliphatic carbocycles. The summed E-state index contributed by atoms with van der Waals surface area (Å²) in [6, 6.07) is 5.56. The number of methoxy groups -OCH3 is 1. The molecule has 1 saturated heterocycles. The lowest BCUT2D eigenvalue weighted by Crippen LogP contribution is -2.33. The molecule has 0 bridgehead atoms. The quantitative estimate of drug-likeness (QED) is 0.0997. The molecule has 6 nitrogen and oxygen atoms in total. The molecule has 0 N–H and O–H groups in total. The first-order chi connectivity index (χ1) is 22.7. The van der Waals surface area contributed by atoms with E-state index in [0.29, 0.717) is 23.3 Å². The number of benzene rings is 1. The van der Waals surface area contributed by atoms with Crippen molar-refractivity contribution in [2.24, 2.45) is 10.9 Å². The maximum absolute atomic E-state index is 13.2. The third-order valence-corrected chi connectivity index (χ3v) is 6.97. The van der Waals surface area contributed by atoms with Gasteiger partial charge in [-0.2, -0.15) is 26.3 Å². The van der Waals surface area contributed by atoms with Crippen LogP contribution in [0.1, 0.15) is 93.3 Å². The van der Waals surface area contributed by atoms with Crippen molar-refractivity contribution in [3.05, 3.63) is 88.4 Å². The van der Waals surface area contributed by atoms with Crippen LogP contribution in [0.3, 0.4) is 0 Å². The fourth-order valence-electron chi connectivity index (χ4n) is 4.69. The van der Waals surface area contributed by atoms with Gasteiger partial charge in [0, 0.05) is 36.8 Å². The van der Waals surface area contributed by atoms with Crippen LogP contribution < -0.4 is 9.64 Å². The minimum Gasteiger partial charge on any atom is -0.495 e. The Kier molecular flexibility index (Phi) is 19.1. The predicted molar refractivity (Wildman–Crippen MR) is 181 cm³/mol. The summed E-state index contributed by atoms with van der Waals surface area (Å²) < 4.78 is 81.3. The predicted octanol–water partition coefficient (Wildman–Crippen LogP) is 10.3. The number of aromatic nitrogens is 1. The van der Waals surface area contributed by atoms with Crippen LogP contribution in [0.25, 0.3) is 0 Å². The highest BCUT2D eigenvalue weighted by Gasteiger charge is 2.35. The van der Waals surface area contributed by atoms with Gasteiger partial charge in [0.1, 0.15) is 11.4 Å². The van der Waals surface area contributed by atoms with Gasteiger partial charge in [0.15, 0.2) is 12.1 Å². The number of ketones is 1. The van der Waals surface area contributed by atoms with Gasteiger partial charge >= 0.3 is 12.4 Å². The summed E-state index contributed by atoms with van der Waals surface area (Å²) in [7, 11) is 1.55. The van der Waals surface area contributed by atoms with Gasteiger partial charge in [-0.1, -0.05) is 61.1 Å². The Morgan fingerprint density at radius 2 is 1.62 bits per heavy atom. The van der Waals surface area contributed by atoms with Crippen molar-refractivity contribution in [3.63, 3.8) is 0 Å². The van der Waals surface area contributed by atoms with E-state index in [2.05, 4.69) is 35.1 Å². The molecule has 0 saturated carbocycles. The van der Waals surface area contributed by atoms with E-state index in [9.17, 15) is 35.9 Å². The number of alkyl halides is 6. The molecule has 2 heterocycles. The third-order valence-electron chi connectivity index (χ3n) is 6.97. The molecule has 4 rings (SSSR count). The molecular formula is C36H47F6N3O3. The molecule has 12 heteroatoms. The van der Waals surface area contributed by atoms with Crippen LogP contribution in [-0.4, -0.2) is 50.1 Å². The summed E-state index contributed by atoms with van der Waals surface area (Å²) in [6.07, 6.45) is -3.69. The van der Waals surface area contributed by atoms with Crippen molar-refractivity contribution in [1.82, 2.24) is 4.98 Å². The molecule has 2 aliphatic rings. The van der Waals surface area contributed by atoms with Crippen LogP contribution in [0.15, 0.2) is 71.0 Å². The fourth-order valence-corrected chi connectivity index (χ4v) is 4.69. The van der Waals surface area contributed by atoms with Crippen LogP contribution in [-0.2, 0) is 12.6 Å². The molecule has 0 radical (unpaired) electrons. The van der Waals surface area contributed by atoms with Gasteiger partial charge in [0.25, 0.3) is 0 Å². The van der Waals surface area contributed by atoms with Gasteiger partial charge in [0.2, 0.25) is 0 Å². The second-order valence-corrected chi connectivity index (χ2v) is 9.74. The summed E-state index contributed by atoms with van der Waals surface area (Å²) in [5.41, 5.74) is -0.635. The van der Waals surface area contributed by atoms with Crippen LogP contribution >= 0.6 is 0 Å². The SMILES string of the molecule is C=C/C(=C(/C=C1\Cc2cc(N3CCC(C)CC3)c(OC)cc2C1=O)N=C)C(F)(F)F.CC.CC.CC.O=Cc1ncccc1C(F)(F)F. The Bertz CT molecular complexity index is 1420. The Morgan fingerprint density at radius 3 is 2.06 bits per heavy atom. The molecule has 1 fully saturated rings. The number of anilines is 1. The Balaban J connectivity index is 0.00000102. The molecule has 0 amide bonds. The minimum absolute atomic E-state index is 0.0861. The van der Waals surface area contributed by atoms with E-state index < -0.39 is 34.9 Å². The molecular weight excluding hydrogens is 636 g/mol. The van der Waals surface area contributed by atoms with Gasteiger partial charge in [-0.05, 0) is 61.4 Å². The van der Waals surface area contributed by atoms with Crippen molar-refractivity contribution in [1.29, 1.82) is 0 Å². The number of aldehydes is 1. The summed E-state index contributed by atoms with van der Waals surface area (Å²) >= 11 is 0. The van der Waals surface area contributed by atoms with Crippen LogP contribution in [0.2, 0.25) is 0 Å². The van der Waals surface area contributed by atoms with Crippen molar-refractivity contribution in [2.45, 2.75) is 80.1 Å². The maximum Gasteiger partial charge on any atom is 0.418 e. The van der Waals surface area contributed by atoms with Crippen molar-refractivity contribution in [3.8, 4) is 5.75 Å². The van der Waals surface area contributed by atoms with E-state index >= 15 is 0 Å². The van der Waals surface area contributed by atoms with Crippen molar-refractivity contribution < 1.29 is 40.7 Å². The molecule has 1 aromatic heterocycles. The number of halogens is 6. The maximum atomic E-state index is 13.2. The van der Waals surface area contributed by atoms with E-state index in [4.69, 9.17) is 4.74 Å². The molecule has 0 atom stereocenters. The zero-order valence-corrected chi connectivity index (χ0v) is 29.0. The normalized spacial score (nSPS) is 15.4. The highest BCUT2D eigenvalue weighted by atomic mass is 19.4. The molecule has 0 spiro atoms. The highest BCUT2D eigenvalue weighted by Crippen LogP contribution is 2.39. The monoisotopic (exact) mass is 683 g/mol. The van der Waals surface area contributed by atoms with Crippen LogP contribution in [0.5, 0.6) is 5.75 Å². The number of rotatable bonds is 6. The number of Topliss-reactive ketones (excluding diaryl/α,β-unsaturated/α-hetero) is 1. The molecule has 1 aromatic carbocycles. The Hall–Kier alpha value is -4.22. The number of pyridine rings is 1. The number of aliphatic imine (C=N–C) groups is 1. The van der Waals surface area contributed by atoms with Gasteiger partial charge < -0.3 is 9.64 Å². The summed E-state index contributed by atoms with van der Waals surface area (Å²) in [4.78, 5) is 32.0. The van der Waals surface area contributed by atoms with Gasteiger partial charge in [-0.25, -0.2) is 0 Å². The second kappa shape index (κ2) is 20.9. The average Bonchev–Trinajstić information content (AvgIpc) is 3.39. The summed E-state index contributed by atoms with van der Waals surface area (Å²) in [5, 5.41) is 0. The Labute approximate surface area is 280 Å². The number of fused-ring (bicyclic) bond motifs is 1. The summed E-state index contributed by atoms with van der Waals surface area (Å²) in [6.45, 7) is 22.5. The topological polar surface area (TPSA) is 71.9 Å². The van der Waals surface area contributed by atoms with Gasteiger partial charge in [-0.15, -0.1) is 0 Å². The second-order valence-electron chi connectivity index (χ2n) is 9.74. The largest absolute Gasteiger partial charge is 0.495 e. The lowest BCUT2D eigenvalue weighted by molar-refractivity contribution is -0.138. The number of piperidine rings is 1. The van der Waals surface area contributed by atoms with Gasteiger partial charge in [0.05, 0.1) is 29.6 Å². The van der Waals surface area contributed by atoms with E-state index in [1.165, 1.54) is 0 Å². The number of hydrogen-bond donors (Lipinski definition) is 0. The van der Waals surface area contributed by atoms with E-state index in [-0.39, 0.29) is 24.1 Å². The number of carbonyl (C=O) groups is 2. The average molecular weight is 684 g/mol. The molecule has 1 aliphatic heterocycles. The molecule has 48 heavy (non-hydrogen) atoms. The number of allylic oxidation sites excluding steroid dienone is 4. The number of ether oxygens (including phenoxy) is 1. The smallest absolute Gasteiger partial charge is 0.418 e. The van der Waals surface area contributed by atoms with Crippen LogP contribution in [0.4, 0.5) is 32.0 Å². The standard InChI is InChI=1S/C23H25F3N2O2.C7H4F3NO.3C2H6/c1-5-18(23(24,25)26)19(27-3)11-16-10-15-12-20(28-8-6-14(2)7-9-28)21(30-4)13-17(15)22(16)29;8-7(9,10)5-2-1-3-11-6(5)4-12;3*1-2/h5,11-14H,1,3,6-10H2,2,4H3;1-4H;3*1-2H3/b16-11+,19-18+;;;;. The molecule has 0 unspecified atom stereocenters. The summed E-state index contributed by atoms with van der Waals surface area (Å²) in [5.74, 6) is 0.938. The first-order valence-electron chi connectivity index (χ1n) is 15.8.